The zero-order chi connectivity index (χ0) is 13.0. The highest BCUT2D eigenvalue weighted by Crippen LogP contribution is 2.33. The SMILES string of the molecule is O=S(=O)([O-])CCCC[N+]1=CC2CCCCC2CC1. The third-order valence-electron chi connectivity index (χ3n) is 4.25. The maximum Gasteiger partial charge on any atom is 0.143 e. The molecule has 2 atom stereocenters. The van der Waals surface area contributed by atoms with Crippen molar-refractivity contribution in [1.29, 1.82) is 0 Å². The summed E-state index contributed by atoms with van der Waals surface area (Å²) in [6.45, 7) is 2.00. The molecule has 0 spiro atoms. The second-order valence-electron chi connectivity index (χ2n) is 5.65. The van der Waals surface area contributed by atoms with Gasteiger partial charge < -0.3 is 4.55 Å². The second-order valence-corrected chi connectivity index (χ2v) is 7.17. The molecule has 2 unspecified atom stereocenters. The summed E-state index contributed by atoms with van der Waals surface area (Å²) >= 11 is 0. The van der Waals surface area contributed by atoms with Crippen LogP contribution in [0, 0.1) is 11.8 Å². The van der Waals surface area contributed by atoms with E-state index in [-0.39, 0.29) is 5.75 Å². The van der Waals surface area contributed by atoms with Crippen LogP contribution in [-0.4, -0.2) is 42.6 Å². The Labute approximate surface area is 110 Å². The van der Waals surface area contributed by atoms with Crippen molar-refractivity contribution in [2.75, 3.05) is 18.8 Å². The summed E-state index contributed by atoms with van der Waals surface area (Å²) in [5.74, 6) is 1.42. The first-order chi connectivity index (χ1) is 8.54. The van der Waals surface area contributed by atoms with Crippen LogP contribution in [0.25, 0.3) is 0 Å². The van der Waals surface area contributed by atoms with E-state index in [0.717, 1.165) is 31.3 Å². The molecule has 0 radical (unpaired) electrons. The predicted octanol–water partition coefficient (Wildman–Crippen LogP) is 1.61. The third-order valence-corrected chi connectivity index (χ3v) is 5.04. The normalized spacial score (nSPS) is 28.6. The number of fused-ring (bicyclic) bond motifs is 1. The number of hydrogen-bond donors (Lipinski definition) is 0. The fourth-order valence-corrected chi connectivity index (χ4v) is 3.81. The molecule has 0 saturated heterocycles. The molecule has 4 nitrogen and oxygen atoms in total. The van der Waals surface area contributed by atoms with Crippen LogP contribution in [0.3, 0.4) is 0 Å². The van der Waals surface area contributed by atoms with Gasteiger partial charge in [-0.05, 0) is 25.2 Å². The molecule has 0 aromatic carbocycles. The summed E-state index contributed by atoms with van der Waals surface area (Å²) in [7, 11) is -4.02. The first kappa shape index (κ1) is 14.0. The second kappa shape index (κ2) is 6.15. The van der Waals surface area contributed by atoms with Gasteiger partial charge in [0.25, 0.3) is 0 Å². The molecule has 1 saturated carbocycles. The topological polar surface area (TPSA) is 60.2 Å². The molecule has 1 aliphatic carbocycles. The van der Waals surface area contributed by atoms with Crippen molar-refractivity contribution in [2.24, 2.45) is 11.8 Å². The zero-order valence-electron chi connectivity index (χ0n) is 10.9. The lowest BCUT2D eigenvalue weighted by molar-refractivity contribution is -0.533. The highest BCUT2D eigenvalue weighted by Gasteiger charge is 2.30. The van der Waals surface area contributed by atoms with E-state index < -0.39 is 10.1 Å². The summed E-state index contributed by atoms with van der Waals surface area (Å²) in [4.78, 5) is 0. The van der Waals surface area contributed by atoms with E-state index in [0.29, 0.717) is 6.42 Å². The predicted molar refractivity (Wildman–Crippen MR) is 69.9 cm³/mol. The molecule has 0 aromatic heterocycles. The van der Waals surface area contributed by atoms with Gasteiger partial charge in [-0.3, -0.25) is 0 Å². The molecule has 0 aromatic rings. The Morgan fingerprint density at radius 2 is 1.94 bits per heavy atom. The van der Waals surface area contributed by atoms with E-state index in [1.165, 1.54) is 32.1 Å². The van der Waals surface area contributed by atoms with E-state index in [9.17, 15) is 13.0 Å². The number of unbranched alkanes of at least 4 members (excludes halogenated alkanes) is 1. The van der Waals surface area contributed by atoms with Gasteiger partial charge in [-0.25, -0.2) is 13.0 Å². The van der Waals surface area contributed by atoms with Crippen LogP contribution in [0.1, 0.15) is 44.9 Å². The van der Waals surface area contributed by atoms with Gasteiger partial charge in [0.1, 0.15) is 19.3 Å². The van der Waals surface area contributed by atoms with Crippen LogP contribution in [-0.2, 0) is 10.1 Å². The van der Waals surface area contributed by atoms with Gasteiger partial charge in [-0.2, -0.15) is 0 Å². The van der Waals surface area contributed by atoms with Crippen molar-refractivity contribution in [3.63, 3.8) is 0 Å². The molecular weight excluding hydrogens is 250 g/mol. The van der Waals surface area contributed by atoms with Crippen LogP contribution in [0.4, 0.5) is 0 Å². The van der Waals surface area contributed by atoms with Crippen LogP contribution in [0.15, 0.2) is 0 Å². The Hall–Kier alpha value is -0.420. The molecule has 1 aliphatic heterocycles. The Bertz CT molecular complexity index is 402. The van der Waals surface area contributed by atoms with Crippen LogP contribution < -0.4 is 0 Å². The Kier molecular flexibility index (Phi) is 4.78. The first-order valence-electron chi connectivity index (χ1n) is 7.07. The molecular formula is C13H23NO3S. The highest BCUT2D eigenvalue weighted by atomic mass is 32.2. The maximum atomic E-state index is 10.5. The van der Waals surface area contributed by atoms with E-state index in [1.54, 1.807) is 0 Å². The monoisotopic (exact) mass is 273 g/mol. The zero-order valence-corrected chi connectivity index (χ0v) is 11.7. The molecule has 1 fully saturated rings. The number of nitrogens with zero attached hydrogens (tertiary/aromatic N) is 1. The number of rotatable bonds is 5. The highest BCUT2D eigenvalue weighted by molar-refractivity contribution is 7.85. The van der Waals surface area contributed by atoms with Crippen LogP contribution in [0.2, 0.25) is 0 Å². The van der Waals surface area contributed by atoms with Crippen molar-refractivity contribution < 1.29 is 17.5 Å². The largest absolute Gasteiger partial charge is 0.748 e. The Morgan fingerprint density at radius 3 is 2.72 bits per heavy atom. The summed E-state index contributed by atoms with van der Waals surface area (Å²) < 4.78 is 33.8. The summed E-state index contributed by atoms with van der Waals surface area (Å²) in [6, 6.07) is 0. The summed E-state index contributed by atoms with van der Waals surface area (Å²) in [5, 5.41) is 0. The average Bonchev–Trinajstić information content (AvgIpc) is 2.33. The lowest BCUT2D eigenvalue weighted by Crippen LogP contribution is -2.34. The molecule has 2 aliphatic rings. The van der Waals surface area contributed by atoms with Gasteiger partial charge >= 0.3 is 0 Å². The van der Waals surface area contributed by atoms with Crippen molar-refractivity contribution in [3.8, 4) is 0 Å². The van der Waals surface area contributed by atoms with E-state index in [1.807, 2.05) is 0 Å². The maximum absolute atomic E-state index is 10.5. The van der Waals surface area contributed by atoms with Gasteiger partial charge in [0, 0.05) is 24.5 Å². The minimum Gasteiger partial charge on any atom is -0.748 e. The fourth-order valence-electron chi connectivity index (χ4n) is 3.25. The Balaban J connectivity index is 1.75. The van der Waals surface area contributed by atoms with Crippen LogP contribution in [0.5, 0.6) is 0 Å². The molecule has 2 rings (SSSR count). The van der Waals surface area contributed by atoms with Gasteiger partial charge in [-0.15, -0.1) is 0 Å². The minimum absolute atomic E-state index is 0.215. The average molecular weight is 273 g/mol. The van der Waals surface area contributed by atoms with Gasteiger partial charge in [-0.1, -0.05) is 12.8 Å². The molecule has 0 bridgehead atoms. The smallest absolute Gasteiger partial charge is 0.143 e. The van der Waals surface area contributed by atoms with Crippen molar-refractivity contribution in [1.82, 2.24) is 0 Å². The van der Waals surface area contributed by atoms with E-state index >= 15 is 0 Å². The minimum atomic E-state index is -4.02. The molecule has 1 heterocycles. The molecule has 0 amide bonds. The summed E-state index contributed by atoms with van der Waals surface area (Å²) in [6.07, 6.45) is 10.4. The van der Waals surface area contributed by atoms with Gasteiger partial charge in [0.15, 0.2) is 0 Å². The van der Waals surface area contributed by atoms with Crippen molar-refractivity contribution >= 4 is 16.3 Å². The first-order valence-corrected chi connectivity index (χ1v) is 8.65. The summed E-state index contributed by atoms with van der Waals surface area (Å²) in [5.41, 5.74) is 0. The third kappa shape index (κ3) is 4.35. The molecule has 5 heteroatoms. The molecule has 18 heavy (non-hydrogen) atoms. The number of hydrogen-bond acceptors (Lipinski definition) is 3. The lowest BCUT2D eigenvalue weighted by atomic mass is 9.76. The quantitative estimate of drug-likeness (QED) is 0.434. The van der Waals surface area contributed by atoms with Crippen molar-refractivity contribution in [3.05, 3.63) is 0 Å². The fraction of sp³-hybridized carbons (Fsp3) is 0.923. The molecule has 0 N–H and O–H groups in total. The standard InChI is InChI=1S/C13H23NO3S/c15-18(16,17)10-4-3-8-14-9-7-12-5-1-2-6-13(12)11-14/h11-13H,1-10H2. The van der Waals surface area contributed by atoms with E-state index in [2.05, 4.69) is 10.8 Å². The molecule has 104 valence electrons. The lowest BCUT2D eigenvalue weighted by Gasteiger charge is -2.30. The van der Waals surface area contributed by atoms with Gasteiger partial charge in [0.2, 0.25) is 0 Å². The van der Waals surface area contributed by atoms with Crippen LogP contribution >= 0.6 is 0 Å². The van der Waals surface area contributed by atoms with E-state index in [4.69, 9.17) is 0 Å². The van der Waals surface area contributed by atoms with Crippen molar-refractivity contribution in [2.45, 2.75) is 44.9 Å². The van der Waals surface area contributed by atoms with Gasteiger partial charge in [0.05, 0.1) is 10.1 Å². The Morgan fingerprint density at radius 1 is 1.17 bits per heavy atom.